The highest BCUT2D eigenvalue weighted by Gasteiger charge is 2.13. The first-order chi connectivity index (χ1) is 14.3. The van der Waals surface area contributed by atoms with E-state index >= 15 is 0 Å². The molecule has 1 aromatic heterocycles. The second kappa shape index (κ2) is 11.0. The van der Waals surface area contributed by atoms with Crippen LogP contribution in [0.4, 0.5) is 4.39 Å². The first-order valence-corrected chi connectivity index (χ1v) is 12.2. The molecule has 0 saturated heterocycles. The average molecular weight is 449 g/mol. The van der Waals surface area contributed by atoms with Gasteiger partial charge < -0.3 is 5.11 Å². The summed E-state index contributed by atoms with van der Waals surface area (Å²) >= 11 is 1.40. The van der Waals surface area contributed by atoms with Gasteiger partial charge in [0.25, 0.3) is 5.91 Å². The molecule has 30 heavy (non-hydrogen) atoms. The third-order valence-electron chi connectivity index (χ3n) is 4.15. The molecule has 1 amide bonds. The molecule has 2 aromatic carbocycles. The third kappa shape index (κ3) is 7.37. The van der Waals surface area contributed by atoms with E-state index in [1.165, 1.54) is 35.3 Å². The lowest BCUT2D eigenvalue weighted by Gasteiger charge is -2.08. The van der Waals surface area contributed by atoms with Gasteiger partial charge in [0.2, 0.25) is 0 Å². The monoisotopic (exact) mass is 448 g/mol. The molecule has 0 aliphatic rings. The molecule has 0 fully saturated rings. The van der Waals surface area contributed by atoms with Crippen molar-refractivity contribution in [2.75, 3.05) is 13.4 Å². The minimum absolute atomic E-state index is 0.231. The summed E-state index contributed by atoms with van der Waals surface area (Å²) in [5.74, 6) is 2.71. The molecule has 160 valence electrons. The number of aliphatic hydroxyl groups excluding tert-OH is 1. The van der Waals surface area contributed by atoms with Crippen LogP contribution in [0.15, 0.2) is 53.9 Å². The summed E-state index contributed by atoms with van der Waals surface area (Å²) < 4.78 is 27.0. The van der Waals surface area contributed by atoms with Crippen molar-refractivity contribution in [3.05, 3.63) is 87.1 Å². The van der Waals surface area contributed by atoms with Gasteiger partial charge in [0.05, 0.1) is 5.01 Å². The Morgan fingerprint density at radius 3 is 2.40 bits per heavy atom. The number of carbonyl (C=O) groups is 1. The number of nitrogens with one attached hydrogen (secondary N) is 1. The maximum Gasteiger partial charge on any atom is 0.281 e. The number of halogens is 1. The molecule has 2 N–H and O–H groups in total. The smallest absolute Gasteiger partial charge is 0.281 e. The maximum atomic E-state index is 13.1. The van der Waals surface area contributed by atoms with Crippen molar-refractivity contribution < 1.29 is 18.5 Å². The molecule has 3 aromatic rings. The van der Waals surface area contributed by atoms with Crippen molar-refractivity contribution in [2.45, 2.75) is 19.3 Å². The number of benzene rings is 2. The van der Waals surface area contributed by atoms with Crippen molar-refractivity contribution in [3.8, 4) is 0 Å². The van der Waals surface area contributed by atoms with E-state index in [-0.39, 0.29) is 11.5 Å². The number of amides is 1. The normalized spacial score (nSPS) is 12.4. The molecule has 8 heteroatoms. The van der Waals surface area contributed by atoms with Crippen LogP contribution in [-0.2, 0) is 29.0 Å². The summed E-state index contributed by atoms with van der Waals surface area (Å²) in [6.07, 6.45) is 3.63. The third-order valence-corrected chi connectivity index (χ3v) is 5.62. The number of aromatic nitrogens is 1. The first kappa shape index (κ1) is 23.7. The highest BCUT2D eigenvalue weighted by atomic mass is 32.2. The number of rotatable bonds is 7. The van der Waals surface area contributed by atoms with E-state index in [2.05, 4.69) is 27.7 Å². The topological polar surface area (TPSA) is 79.3 Å². The molecule has 5 nitrogen and oxygen atoms in total. The Labute approximate surface area is 180 Å². The molecule has 0 spiro atoms. The number of nitrogens with zero attached hydrogens (tertiary/aromatic N) is 1. The van der Waals surface area contributed by atoms with Gasteiger partial charge in [-0.25, -0.2) is 13.6 Å². The fourth-order valence-corrected chi connectivity index (χ4v) is 4.11. The molecular formula is C22H25FN2O3S2. The number of hydrogen-bond donors (Lipinski definition) is 2. The van der Waals surface area contributed by atoms with Gasteiger partial charge in [-0.1, -0.05) is 36.4 Å². The number of aliphatic hydroxyl groups is 1. The maximum absolute atomic E-state index is 13.1. The van der Waals surface area contributed by atoms with Crippen LogP contribution in [0.25, 0.3) is 0 Å². The zero-order valence-electron chi connectivity index (χ0n) is 16.9. The van der Waals surface area contributed by atoms with E-state index in [0.29, 0.717) is 6.42 Å². The van der Waals surface area contributed by atoms with Crippen molar-refractivity contribution in [1.82, 2.24) is 9.71 Å². The van der Waals surface area contributed by atoms with E-state index in [4.69, 9.17) is 5.11 Å². The van der Waals surface area contributed by atoms with Gasteiger partial charge in [-0.2, -0.15) is 0 Å². The standard InChI is InChI=1S/C21H21FN2O2S2.CH4O/c1-28(2,26)24-21(25)19-14-27-20(23-19)13-17-6-4-3-5-16(17)10-7-15-8-11-18(22)12-9-15;1-2/h3-6,8-9,11-12,14H,1,7,10,13H2,2H3,(H,24,25,26);2H,1H3. The highest BCUT2D eigenvalue weighted by Crippen LogP contribution is 2.19. The van der Waals surface area contributed by atoms with Crippen LogP contribution in [0, 0.1) is 5.82 Å². The van der Waals surface area contributed by atoms with Gasteiger partial charge in [-0.15, -0.1) is 11.3 Å². The SMILES string of the molecule is C=S(C)(=O)NC(=O)c1csc(Cc2ccccc2CCc2ccc(F)cc2)n1.CO. The average Bonchev–Trinajstić information content (AvgIpc) is 3.18. The van der Waals surface area contributed by atoms with Crippen LogP contribution >= 0.6 is 11.3 Å². The van der Waals surface area contributed by atoms with Gasteiger partial charge in [-0.3, -0.25) is 9.52 Å². The minimum atomic E-state index is -2.62. The minimum Gasteiger partial charge on any atom is -0.400 e. The summed E-state index contributed by atoms with van der Waals surface area (Å²) in [5, 5.41) is 9.47. The zero-order chi connectivity index (χ0) is 22.1. The molecule has 0 saturated carbocycles. The fourth-order valence-electron chi connectivity index (χ4n) is 2.81. The van der Waals surface area contributed by atoms with E-state index in [1.54, 1.807) is 17.5 Å². The Kier molecular flexibility index (Phi) is 8.71. The van der Waals surface area contributed by atoms with Crippen molar-refractivity contribution in [3.63, 3.8) is 0 Å². The molecule has 3 rings (SSSR count). The van der Waals surface area contributed by atoms with Gasteiger partial charge in [0.1, 0.15) is 11.5 Å². The van der Waals surface area contributed by atoms with Crippen LogP contribution in [0.5, 0.6) is 0 Å². The number of hydrogen-bond acceptors (Lipinski definition) is 5. The van der Waals surface area contributed by atoms with Crippen LogP contribution in [0.1, 0.15) is 32.2 Å². The van der Waals surface area contributed by atoms with Crippen molar-refractivity contribution in [1.29, 1.82) is 0 Å². The Balaban J connectivity index is 0.00000155. The van der Waals surface area contributed by atoms with Gasteiger partial charge >= 0.3 is 0 Å². The number of carbonyl (C=O) groups excluding carboxylic acids is 1. The molecule has 1 unspecified atom stereocenters. The lowest BCUT2D eigenvalue weighted by Crippen LogP contribution is -2.29. The van der Waals surface area contributed by atoms with E-state index in [1.807, 2.05) is 12.1 Å². The molecule has 0 aliphatic heterocycles. The lowest BCUT2D eigenvalue weighted by atomic mass is 9.98. The van der Waals surface area contributed by atoms with Crippen LogP contribution < -0.4 is 4.72 Å². The summed E-state index contributed by atoms with van der Waals surface area (Å²) in [6.45, 7) is 0. The Morgan fingerprint density at radius 2 is 1.77 bits per heavy atom. The Morgan fingerprint density at radius 1 is 1.13 bits per heavy atom. The lowest BCUT2D eigenvalue weighted by molar-refractivity contribution is 0.0978. The van der Waals surface area contributed by atoms with Crippen LogP contribution in [0.2, 0.25) is 0 Å². The molecule has 1 atom stereocenters. The quantitative estimate of drug-likeness (QED) is 0.544. The van der Waals surface area contributed by atoms with Crippen LogP contribution in [-0.4, -0.2) is 39.4 Å². The number of aryl methyl sites for hydroxylation is 2. The zero-order valence-corrected chi connectivity index (χ0v) is 18.6. The number of thiazole rings is 1. The van der Waals surface area contributed by atoms with Crippen molar-refractivity contribution in [2.24, 2.45) is 0 Å². The Bertz CT molecular complexity index is 1080. The van der Waals surface area contributed by atoms with Gasteiger partial charge in [-0.05, 0) is 47.5 Å². The van der Waals surface area contributed by atoms with E-state index < -0.39 is 15.6 Å². The summed E-state index contributed by atoms with van der Waals surface area (Å²) in [5.41, 5.74) is 3.67. The van der Waals surface area contributed by atoms with Crippen LogP contribution in [0.3, 0.4) is 0 Å². The second-order valence-electron chi connectivity index (χ2n) is 6.63. The van der Waals surface area contributed by atoms with E-state index in [9.17, 15) is 13.4 Å². The molecular weight excluding hydrogens is 423 g/mol. The fraction of sp³-hybridized carbons (Fsp3) is 0.227. The highest BCUT2D eigenvalue weighted by molar-refractivity contribution is 7.98. The predicted octanol–water partition coefficient (Wildman–Crippen LogP) is 3.26. The first-order valence-electron chi connectivity index (χ1n) is 9.15. The van der Waals surface area contributed by atoms with Crippen molar-refractivity contribution >= 4 is 32.8 Å². The predicted molar refractivity (Wildman–Crippen MR) is 122 cm³/mol. The van der Waals surface area contributed by atoms with Gasteiger partial charge in [0.15, 0.2) is 0 Å². The molecule has 1 heterocycles. The molecule has 0 aliphatic carbocycles. The molecule has 0 radical (unpaired) electrons. The van der Waals surface area contributed by atoms with E-state index in [0.717, 1.165) is 36.1 Å². The Hall–Kier alpha value is -2.55. The summed E-state index contributed by atoms with van der Waals surface area (Å²) in [7, 11) is -1.62. The summed E-state index contributed by atoms with van der Waals surface area (Å²) in [6, 6.07) is 14.7. The largest absolute Gasteiger partial charge is 0.400 e. The second-order valence-corrected chi connectivity index (χ2v) is 9.79. The summed E-state index contributed by atoms with van der Waals surface area (Å²) in [4.78, 5) is 16.4. The van der Waals surface area contributed by atoms with Gasteiger partial charge in [0, 0.05) is 34.9 Å². The molecule has 0 bridgehead atoms.